The Morgan fingerprint density at radius 1 is 1.00 bits per heavy atom. The minimum Gasteiger partial charge on any atom is -0.393 e. The van der Waals surface area contributed by atoms with Gasteiger partial charge in [-0.1, -0.05) is 13.8 Å². The highest BCUT2D eigenvalue weighted by Gasteiger charge is 2.63. The Bertz CT molecular complexity index is 531. The molecule has 4 rings (SSSR count). The van der Waals surface area contributed by atoms with Crippen molar-refractivity contribution in [1.82, 2.24) is 0 Å². The number of carbonyl (C=O) groups is 1. The minimum atomic E-state index is -0.278. The van der Waals surface area contributed by atoms with Gasteiger partial charge in [0.05, 0.1) is 12.2 Å². The van der Waals surface area contributed by atoms with E-state index in [2.05, 4.69) is 13.8 Å². The number of hydrogen-bond donors (Lipinski definition) is 2. The van der Waals surface area contributed by atoms with Crippen LogP contribution in [0.2, 0.25) is 0 Å². The van der Waals surface area contributed by atoms with E-state index in [9.17, 15) is 15.0 Å². The molecule has 0 heterocycles. The number of carbonyl (C=O) groups excluding carboxylic acids is 1. The van der Waals surface area contributed by atoms with Gasteiger partial charge < -0.3 is 10.2 Å². The molecule has 0 amide bonds. The SMILES string of the molecule is CC(=O)[C@H]1CC[C@@H]2[C@@H]3CC[C@@H]4C[C@H](O)CC[C@]4(C)[C@@H]3[C@@H](O)C[C@]12C. The van der Waals surface area contributed by atoms with Gasteiger partial charge in [-0.2, -0.15) is 0 Å². The largest absolute Gasteiger partial charge is 0.393 e. The summed E-state index contributed by atoms with van der Waals surface area (Å²) < 4.78 is 0. The summed E-state index contributed by atoms with van der Waals surface area (Å²) >= 11 is 0. The van der Waals surface area contributed by atoms with Crippen LogP contribution in [-0.4, -0.2) is 28.2 Å². The molecule has 3 nitrogen and oxygen atoms in total. The maximum Gasteiger partial charge on any atom is 0.133 e. The van der Waals surface area contributed by atoms with Crippen molar-refractivity contribution in [3.05, 3.63) is 0 Å². The van der Waals surface area contributed by atoms with E-state index in [1.807, 2.05) is 0 Å². The molecule has 0 saturated heterocycles. The van der Waals surface area contributed by atoms with Crippen LogP contribution in [0.3, 0.4) is 0 Å². The monoisotopic (exact) mass is 334 g/mol. The van der Waals surface area contributed by atoms with Gasteiger partial charge in [-0.15, -0.1) is 0 Å². The fourth-order valence-electron chi connectivity index (χ4n) is 8.03. The first kappa shape index (κ1) is 17.0. The molecular weight excluding hydrogens is 300 g/mol. The second kappa shape index (κ2) is 5.54. The van der Waals surface area contributed by atoms with Crippen molar-refractivity contribution in [2.75, 3.05) is 0 Å². The molecule has 0 unspecified atom stereocenters. The summed E-state index contributed by atoms with van der Waals surface area (Å²) in [4.78, 5) is 12.2. The standard InChI is InChI=1S/C21H34O3/c1-12(22)16-6-7-17-15-5-4-13-10-14(23)8-9-20(13,2)19(15)18(24)11-21(16,17)3/h13-19,23-24H,4-11H2,1-3H3/t13-,14-,15+,16-,17-,18+,19+,20+,21-/m1/s1. The van der Waals surface area contributed by atoms with Gasteiger partial charge in [-0.25, -0.2) is 0 Å². The topological polar surface area (TPSA) is 57.5 Å². The van der Waals surface area contributed by atoms with E-state index in [0.29, 0.717) is 29.5 Å². The first-order valence-electron chi connectivity index (χ1n) is 10.1. The van der Waals surface area contributed by atoms with Crippen LogP contribution in [0.25, 0.3) is 0 Å². The van der Waals surface area contributed by atoms with Gasteiger partial charge in [0.2, 0.25) is 0 Å². The van der Waals surface area contributed by atoms with E-state index in [-0.39, 0.29) is 29.0 Å². The zero-order valence-corrected chi connectivity index (χ0v) is 15.5. The molecule has 136 valence electrons. The van der Waals surface area contributed by atoms with Crippen molar-refractivity contribution in [3.63, 3.8) is 0 Å². The molecule has 0 spiro atoms. The van der Waals surface area contributed by atoms with Gasteiger partial charge in [0.25, 0.3) is 0 Å². The molecule has 4 aliphatic carbocycles. The lowest BCUT2D eigenvalue weighted by molar-refractivity contribution is -0.178. The lowest BCUT2D eigenvalue weighted by Crippen LogP contribution is -2.59. The third-order valence-corrected chi connectivity index (χ3v) is 9.06. The average molecular weight is 335 g/mol. The number of rotatable bonds is 1. The van der Waals surface area contributed by atoms with Crippen molar-refractivity contribution in [3.8, 4) is 0 Å². The normalized spacial score (nSPS) is 57.0. The zero-order chi connectivity index (χ0) is 17.3. The molecule has 0 radical (unpaired) electrons. The predicted octanol–water partition coefficient (Wildman–Crippen LogP) is 3.57. The maximum absolute atomic E-state index is 12.2. The molecule has 9 atom stereocenters. The van der Waals surface area contributed by atoms with Crippen molar-refractivity contribution in [1.29, 1.82) is 0 Å². The van der Waals surface area contributed by atoms with E-state index < -0.39 is 0 Å². The van der Waals surface area contributed by atoms with Crippen LogP contribution in [0.1, 0.15) is 72.1 Å². The summed E-state index contributed by atoms with van der Waals surface area (Å²) in [6.45, 7) is 6.43. The predicted molar refractivity (Wildman–Crippen MR) is 93.3 cm³/mol. The number of fused-ring (bicyclic) bond motifs is 5. The van der Waals surface area contributed by atoms with Crippen LogP contribution >= 0.6 is 0 Å². The minimum absolute atomic E-state index is 0.00376. The molecule has 24 heavy (non-hydrogen) atoms. The molecule has 3 heteroatoms. The summed E-state index contributed by atoms with van der Waals surface area (Å²) in [7, 11) is 0. The molecule has 4 aliphatic rings. The van der Waals surface area contributed by atoms with Crippen LogP contribution in [0.4, 0.5) is 0 Å². The Kier molecular flexibility index (Phi) is 3.93. The van der Waals surface area contributed by atoms with Crippen LogP contribution in [-0.2, 0) is 4.79 Å². The van der Waals surface area contributed by atoms with E-state index in [4.69, 9.17) is 0 Å². The zero-order valence-electron chi connectivity index (χ0n) is 15.5. The highest BCUT2D eigenvalue weighted by Crippen LogP contribution is 2.67. The quantitative estimate of drug-likeness (QED) is 0.771. The van der Waals surface area contributed by atoms with Crippen LogP contribution < -0.4 is 0 Å². The number of ketones is 1. The van der Waals surface area contributed by atoms with E-state index in [0.717, 1.165) is 38.5 Å². The molecule has 4 saturated carbocycles. The third-order valence-electron chi connectivity index (χ3n) is 9.06. The Labute approximate surface area is 146 Å². The average Bonchev–Trinajstić information content (AvgIpc) is 2.84. The summed E-state index contributed by atoms with van der Waals surface area (Å²) in [5.74, 6) is 2.58. The summed E-state index contributed by atoms with van der Waals surface area (Å²) in [5.41, 5.74) is 0.182. The molecule has 0 aromatic carbocycles. The van der Waals surface area contributed by atoms with Crippen LogP contribution in [0.5, 0.6) is 0 Å². The second-order valence-electron chi connectivity index (χ2n) is 10.0. The number of aliphatic hydroxyl groups is 2. The molecule has 0 aromatic rings. The van der Waals surface area contributed by atoms with Crippen molar-refractivity contribution >= 4 is 5.78 Å². The number of Topliss-reactive ketones (excluding diaryl/α,β-unsaturated/α-hetero) is 1. The number of aliphatic hydroxyl groups excluding tert-OH is 2. The van der Waals surface area contributed by atoms with Gasteiger partial charge in [0.15, 0.2) is 0 Å². The summed E-state index contributed by atoms with van der Waals surface area (Å²) in [5, 5.41) is 21.3. The molecule has 4 fully saturated rings. The first-order chi connectivity index (χ1) is 11.3. The first-order valence-corrected chi connectivity index (χ1v) is 10.1. The summed E-state index contributed by atoms with van der Waals surface area (Å²) in [6.07, 6.45) is 7.80. The Hall–Kier alpha value is -0.410. The van der Waals surface area contributed by atoms with E-state index in [1.54, 1.807) is 6.92 Å². The van der Waals surface area contributed by atoms with Gasteiger partial charge in [0.1, 0.15) is 5.78 Å². The fourth-order valence-corrected chi connectivity index (χ4v) is 8.03. The molecule has 0 bridgehead atoms. The summed E-state index contributed by atoms with van der Waals surface area (Å²) in [6, 6.07) is 0. The van der Waals surface area contributed by atoms with Crippen molar-refractivity contribution in [2.24, 2.45) is 40.4 Å². The highest BCUT2D eigenvalue weighted by atomic mass is 16.3. The third kappa shape index (κ3) is 2.19. The Morgan fingerprint density at radius 3 is 2.46 bits per heavy atom. The van der Waals surface area contributed by atoms with Crippen molar-refractivity contribution in [2.45, 2.75) is 84.3 Å². The lowest BCUT2D eigenvalue weighted by Gasteiger charge is -2.62. The second-order valence-corrected chi connectivity index (χ2v) is 10.0. The van der Waals surface area contributed by atoms with Crippen molar-refractivity contribution < 1.29 is 15.0 Å². The fraction of sp³-hybridized carbons (Fsp3) is 0.952. The highest BCUT2D eigenvalue weighted by molar-refractivity contribution is 5.79. The molecule has 2 N–H and O–H groups in total. The van der Waals surface area contributed by atoms with Crippen LogP contribution in [0.15, 0.2) is 0 Å². The van der Waals surface area contributed by atoms with Gasteiger partial charge in [-0.3, -0.25) is 4.79 Å². The van der Waals surface area contributed by atoms with E-state index in [1.165, 1.54) is 12.8 Å². The smallest absolute Gasteiger partial charge is 0.133 e. The van der Waals surface area contributed by atoms with E-state index >= 15 is 0 Å². The lowest BCUT2D eigenvalue weighted by atomic mass is 9.44. The van der Waals surface area contributed by atoms with Gasteiger partial charge in [0, 0.05) is 5.92 Å². The van der Waals surface area contributed by atoms with Gasteiger partial charge >= 0.3 is 0 Å². The van der Waals surface area contributed by atoms with Crippen LogP contribution in [0, 0.1) is 40.4 Å². The molecular formula is C21H34O3. The Balaban J connectivity index is 1.67. The number of hydrogen-bond acceptors (Lipinski definition) is 3. The maximum atomic E-state index is 12.2. The van der Waals surface area contributed by atoms with Gasteiger partial charge in [-0.05, 0) is 92.8 Å². The Morgan fingerprint density at radius 2 is 1.75 bits per heavy atom. The molecule has 0 aromatic heterocycles. The molecule has 0 aliphatic heterocycles.